The van der Waals surface area contributed by atoms with Gasteiger partial charge in [-0.3, -0.25) is 0 Å². The minimum absolute atomic E-state index is 0.431. The van der Waals surface area contributed by atoms with Crippen molar-refractivity contribution in [2.24, 2.45) is 7.05 Å². The van der Waals surface area contributed by atoms with E-state index in [1.54, 1.807) is 18.0 Å². The van der Waals surface area contributed by atoms with Gasteiger partial charge in [0.25, 0.3) is 0 Å². The van der Waals surface area contributed by atoms with E-state index in [0.717, 1.165) is 14.8 Å². The molecule has 2 heterocycles. The third kappa shape index (κ3) is 2.23. The number of aryl methyl sites for hydroxylation is 2. The van der Waals surface area contributed by atoms with E-state index in [4.69, 9.17) is 16.3 Å². The van der Waals surface area contributed by atoms with Gasteiger partial charge in [0.05, 0.1) is 16.4 Å². The molecule has 0 saturated carbocycles. The molecule has 0 atom stereocenters. The Morgan fingerprint density at radius 3 is 2.76 bits per heavy atom. The summed E-state index contributed by atoms with van der Waals surface area (Å²) in [7, 11) is 3.40. The Labute approximate surface area is 117 Å². The van der Waals surface area contributed by atoms with E-state index in [-0.39, 0.29) is 0 Å². The first-order valence-corrected chi connectivity index (χ1v) is 6.26. The molecule has 0 aliphatic carbocycles. The van der Waals surface area contributed by atoms with Gasteiger partial charge < -0.3 is 4.74 Å². The van der Waals surface area contributed by atoms with Crippen LogP contribution in [0.5, 0.6) is 5.88 Å². The standard InChI is InChI=1S/C10H10ClIN4O/c1-5-7(10(17-3)16(2)15-5)9-13-4-6(12)8(11)14-9/h4H,1-3H3. The minimum atomic E-state index is 0.431. The predicted molar refractivity (Wildman–Crippen MR) is 73.3 cm³/mol. The summed E-state index contributed by atoms with van der Waals surface area (Å²) in [5.41, 5.74) is 1.58. The SMILES string of the molecule is COc1c(-c2ncc(I)c(Cl)n2)c(C)nn1C. The first-order valence-electron chi connectivity index (χ1n) is 4.80. The lowest BCUT2D eigenvalue weighted by atomic mass is 10.2. The summed E-state index contributed by atoms with van der Waals surface area (Å²) in [6.07, 6.45) is 1.68. The number of hydrogen-bond acceptors (Lipinski definition) is 4. The second kappa shape index (κ2) is 4.77. The van der Waals surface area contributed by atoms with Crippen LogP contribution in [-0.4, -0.2) is 26.9 Å². The highest BCUT2D eigenvalue weighted by Gasteiger charge is 2.18. The van der Waals surface area contributed by atoms with Gasteiger partial charge in [0.1, 0.15) is 10.7 Å². The van der Waals surface area contributed by atoms with Crippen molar-refractivity contribution in [2.45, 2.75) is 6.92 Å². The van der Waals surface area contributed by atoms with E-state index in [9.17, 15) is 0 Å². The molecule has 2 aromatic heterocycles. The van der Waals surface area contributed by atoms with Crippen molar-refractivity contribution in [3.05, 3.63) is 20.6 Å². The first-order chi connectivity index (χ1) is 8.04. The van der Waals surface area contributed by atoms with Crippen LogP contribution in [0.3, 0.4) is 0 Å². The van der Waals surface area contributed by atoms with Crippen molar-refractivity contribution in [3.8, 4) is 17.3 Å². The Morgan fingerprint density at radius 1 is 1.47 bits per heavy atom. The van der Waals surface area contributed by atoms with Gasteiger partial charge in [0.2, 0.25) is 5.88 Å². The number of rotatable bonds is 2. The molecule has 2 aromatic rings. The molecule has 0 radical (unpaired) electrons. The summed E-state index contributed by atoms with van der Waals surface area (Å²) in [6.45, 7) is 1.88. The number of methoxy groups -OCH3 is 1. The van der Waals surface area contributed by atoms with E-state index < -0.39 is 0 Å². The van der Waals surface area contributed by atoms with E-state index in [1.807, 2.05) is 14.0 Å². The molecule has 0 aromatic carbocycles. The molecule has 2 rings (SSSR count). The monoisotopic (exact) mass is 364 g/mol. The van der Waals surface area contributed by atoms with Crippen LogP contribution in [-0.2, 0) is 7.05 Å². The molecule has 5 nitrogen and oxygen atoms in total. The van der Waals surface area contributed by atoms with Crippen LogP contribution in [0.1, 0.15) is 5.69 Å². The number of halogens is 2. The fourth-order valence-corrected chi connectivity index (χ4v) is 1.98. The van der Waals surface area contributed by atoms with Crippen molar-refractivity contribution in [1.82, 2.24) is 19.7 Å². The molecule has 17 heavy (non-hydrogen) atoms. The lowest BCUT2D eigenvalue weighted by Crippen LogP contribution is -1.97. The van der Waals surface area contributed by atoms with E-state index in [2.05, 4.69) is 37.7 Å². The summed E-state index contributed by atoms with van der Waals surface area (Å²) in [4.78, 5) is 8.49. The highest BCUT2D eigenvalue weighted by Crippen LogP contribution is 2.31. The molecule has 0 unspecified atom stereocenters. The molecule has 0 spiro atoms. The molecule has 0 aliphatic rings. The molecule has 0 saturated heterocycles. The van der Waals surface area contributed by atoms with E-state index in [1.165, 1.54) is 0 Å². The smallest absolute Gasteiger partial charge is 0.222 e. The normalized spacial score (nSPS) is 10.6. The van der Waals surface area contributed by atoms with Gasteiger partial charge in [-0.15, -0.1) is 0 Å². The van der Waals surface area contributed by atoms with Gasteiger partial charge in [0, 0.05) is 13.2 Å². The molecule has 0 amide bonds. The molecular weight excluding hydrogens is 354 g/mol. The summed E-state index contributed by atoms with van der Waals surface area (Å²) in [6, 6.07) is 0. The average Bonchev–Trinajstić information content (AvgIpc) is 2.57. The average molecular weight is 365 g/mol. The molecular formula is C10H10ClIN4O. The largest absolute Gasteiger partial charge is 0.481 e. The fourth-order valence-electron chi connectivity index (χ4n) is 1.60. The molecule has 0 aliphatic heterocycles. The Balaban J connectivity index is 2.63. The maximum atomic E-state index is 5.99. The number of hydrogen-bond donors (Lipinski definition) is 0. The zero-order valence-electron chi connectivity index (χ0n) is 9.53. The summed E-state index contributed by atoms with van der Waals surface area (Å²) < 4.78 is 7.76. The Kier molecular flexibility index (Phi) is 3.53. The zero-order chi connectivity index (χ0) is 12.6. The van der Waals surface area contributed by atoms with E-state index >= 15 is 0 Å². The van der Waals surface area contributed by atoms with Crippen LogP contribution in [0.4, 0.5) is 0 Å². The quantitative estimate of drug-likeness (QED) is 0.607. The van der Waals surface area contributed by atoms with E-state index in [0.29, 0.717) is 16.9 Å². The van der Waals surface area contributed by atoms with Gasteiger partial charge >= 0.3 is 0 Å². The van der Waals surface area contributed by atoms with Gasteiger partial charge in [-0.05, 0) is 29.5 Å². The van der Waals surface area contributed by atoms with Crippen LogP contribution in [0.2, 0.25) is 5.15 Å². The Bertz CT molecular complexity index is 570. The zero-order valence-corrected chi connectivity index (χ0v) is 12.4. The van der Waals surface area contributed by atoms with Crippen molar-refractivity contribution < 1.29 is 4.74 Å². The highest BCUT2D eigenvalue weighted by atomic mass is 127. The first kappa shape index (κ1) is 12.6. The number of aromatic nitrogens is 4. The Morgan fingerprint density at radius 2 is 2.18 bits per heavy atom. The fraction of sp³-hybridized carbons (Fsp3) is 0.300. The molecule has 7 heteroatoms. The maximum Gasteiger partial charge on any atom is 0.222 e. The van der Waals surface area contributed by atoms with Crippen LogP contribution in [0.15, 0.2) is 6.20 Å². The molecule has 0 fully saturated rings. The lowest BCUT2D eigenvalue weighted by Gasteiger charge is -2.04. The van der Waals surface area contributed by atoms with Crippen LogP contribution < -0.4 is 4.74 Å². The van der Waals surface area contributed by atoms with Crippen molar-refractivity contribution in [1.29, 1.82) is 0 Å². The van der Waals surface area contributed by atoms with Crippen LogP contribution >= 0.6 is 34.2 Å². The van der Waals surface area contributed by atoms with Crippen molar-refractivity contribution in [2.75, 3.05) is 7.11 Å². The molecule has 90 valence electrons. The third-order valence-corrected chi connectivity index (χ3v) is 3.68. The van der Waals surface area contributed by atoms with Crippen molar-refractivity contribution in [3.63, 3.8) is 0 Å². The number of ether oxygens (including phenoxy) is 1. The maximum absolute atomic E-state index is 5.99. The van der Waals surface area contributed by atoms with Crippen LogP contribution in [0, 0.1) is 10.5 Å². The summed E-state index contributed by atoms with van der Waals surface area (Å²) in [5.74, 6) is 1.15. The highest BCUT2D eigenvalue weighted by molar-refractivity contribution is 14.1. The third-order valence-electron chi connectivity index (χ3n) is 2.29. The van der Waals surface area contributed by atoms with Crippen molar-refractivity contribution >= 4 is 34.2 Å². The second-order valence-corrected chi connectivity index (χ2v) is 4.95. The molecule has 0 bridgehead atoms. The summed E-state index contributed by atoms with van der Waals surface area (Å²) in [5, 5.41) is 4.71. The minimum Gasteiger partial charge on any atom is -0.481 e. The molecule has 0 N–H and O–H groups in total. The lowest BCUT2D eigenvalue weighted by molar-refractivity contribution is 0.374. The van der Waals surface area contributed by atoms with Crippen LogP contribution in [0.25, 0.3) is 11.4 Å². The topological polar surface area (TPSA) is 52.8 Å². The van der Waals surface area contributed by atoms with Gasteiger partial charge in [0.15, 0.2) is 5.82 Å². The Hall–Kier alpha value is -0.890. The second-order valence-electron chi connectivity index (χ2n) is 3.43. The van der Waals surface area contributed by atoms with Gasteiger partial charge in [-0.2, -0.15) is 5.10 Å². The predicted octanol–water partition coefficient (Wildman–Crippen LogP) is 2.45. The number of nitrogens with zero attached hydrogens (tertiary/aromatic N) is 4. The van der Waals surface area contributed by atoms with Gasteiger partial charge in [-0.25, -0.2) is 14.6 Å². The summed E-state index contributed by atoms with van der Waals surface area (Å²) >= 11 is 8.07. The van der Waals surface area contributed by atoms with Gasteiger partial charge in [-0.1, -0.05) is 11.6 Å².